The lowest BCUT2D eigenvalue weighted by atomic mass is 9.99. The molecule has 1 aromatic rings. The molecule has 1 fully saturated rings. The molecule has 1 aliphatic rings. The van der Waals surface area contributed by atoms with Crippen molar-refractivity contribution in [3.63, 3.8) is 0 Å². The second-order valence-electron chi connectivity index (χ2n) is 5.52. The van der Waals surface area contributed by atoms with Gasteiger partial charge >= 0.3 is 0 Å². The Hall–Kier alpha value is -1.51. The molecule has 1 saturated carbocycles. The zero-order valence-electron chi connectivity index (χ0n) is 11.9. The van der Waals surface area contributed by atoms with Gasteiger partial charge in [-0.2, -0.15) is 0 Å². The smallest absolute Gasteiger partial charge is 0.224 e. The molecule has 2 N–H and O–H groups in total. The molecule has 1 aromatic carbocycles. The van der Waals surface area contributed by atoms with Crippen molar-refractivity contribution in [2.24, 2.45) is 5.92 Å². The average Bonchev–Trinajstić information content (AvgIpc) is 2.95. The molecule has 0 aromatic heterocycles. The van der Waals surface area contributed by atoms with Crippen LogP contribution in [0, 0.1) is 5.92 Å². The highest BCUT2D eigenvalue weighted by atomic mass is 16.1. The molecule has 0 saturated heterocycles. The summed E-state index contributed by atoms with van der Waals surface area (Å²) in [5.74, 6) is 0.866. The number of hydrogen-bond donors (Lipinski definition) is 2. The summed E-state index contributed by atoms with van der Waals surface area (Å²) < 4.78 is 0. The highest BCUT2D eigenvalue weighted by molar-refractivity contribution is 5.78. The number of likely N-dealkylation sites (N-methyl/N-ethyl adjacent to an activating group) is 1. The summed E-state index contributed by atoms with van der Waals surface area (Å²) in [6, 6.07) is 8.73. The molecule has 2 rings (SSSR count). The minimum atomic E-state index is 0.0556. The zero-order chi connectivity index (χ0) is 13.7. The fourth-order valence-corrected chi connectivity index (χ4v) is 2.83. The monoisotopic (exact) mass is 260 g/mol. The summed E-state index contributed by atoms with van der Waals surface area (Å²) in [6.07, 6.45) is 5.91. The third kappa shape index (κ3) is 3.98. The second-order valence-corrected chi connectivity index (χ2v) is 5.52. The van der Waals surface area contributed by atoms with E-state index in [0.29, 0.717) is 12.5 Å². The number of anilines is 1. The minimum absolute atomic E-state index is 0.0556. The van der Waals surface area contributed by atoms with Crippen molar-refractivity contribution in [1.82, 2.24) is 5.32 Å². The Balaban J connectivity index is 1.89. The predicted molar refractivity (Wildman–Crippen MR) is 79.3 cm³/mol. The number of nitrogens with one attached hydrogen (secondary N) is 2. The van der Waals surface area contributed by atoms with E-state index in [0.717, 1.165) is 17.2 Å². The molecular formula is C16H24N2O. The number of carbonyl (C=O) groups is 1. The first-order valence-corrected chi connectivity index (χ1v) is 7.25. The molecule has 1 amide bonds. The van der Waals surface area contributed by atoms with Gasteiger partial charge in [0, 0.05) is 18.8 Å². The maximum atomic E-state index is 11.3. The van der Waals surface area contributed by atoms with Gasteiger partial charge in [-0.05, 0) is 43.4 Å². The summed E-state index contributed by atoms with van der Waals surface area (Å²) in [6.45, 7) is 2.27. The number of rotatable bonds is 5. The van der Waals surface area contributed by atoms with Gasteiger partial charge in [-0.1, -0.05) is 25.0 Å². The average molecular weight is 260 g/mol. The van der Waals surface area contributed by atoms with E-state index in [2.05, 4.69) is 29.7 Å². The molecule has 0 bridgehead atoms. The molecule has 1 unspecified atom stereocenters. The normalized spacial score (nSPS) is 17.2. The highest BCUT2D eigenvalue weighted by Gasteiger charge is 2.21. The molecular weight excluding hydrogens is 236 g/mol. The molecule has 0 heterocycles. The van der Waals surface area contributed by atoms with Crippen LogP contribution in [-0.2, 0) is 11.2 Å². The Morgan fingerprint density at radius 1 is 1.26 bits per heavy atom. The van der Waals surface area contributed by atoms with Gasteiger partial charge in [0.2, 0.25) is 5.91 Å². The van der Waals surface area contributed by atoms with Crippen LogP contribution in [0.5, 0.6) is 0 Å². The van der Waals surface area contributed by atoms with Crippen LogP contribution in [-0.4, -0.2) is 19.0 Å². The number of amides is 1. The van der Waals surface area contributed by atoms with Crippen molar-refractivity contribution in [3.8, 4) is 0 Å². The van der Waals surface area contributed by atoms with Crippen LogP contribution in [0.15, 0.2) is 24.3 Å². The first kappa shape index (κ1) is 13.9. The van der Waals surface area contributed by atoms with E-state index in [1.54, 1.807) is 7.05 Å². The Labute approximate surface area is 115 Å². The van der Waals surface area contributed by atoms with Crippen molar-refractivity contribution < 1.29 is 4.79 Å². The van der Waals surface area contributed by atoms with Crippen LogP contribution < -0.4 is 10.6 Å². The van der Waals surface area contributed by atoms with E-state index in [1.807, 2.05) is 12.1 Å². The van der Waals surface area contributed by atoms with Crippen molar-refractivity contribution in [1.29, 1.82) is 0 Å². The van der Waals surface area contributed by atoms with Gasteiger partial charge in [-0.25, -0.2) is 0 Å². The van der Waals surface area contributed by atoms with Crippen LogP contribution >= 0.6 is 0 Å². The fourth-order valence-electron chi connectivity index (χ4n) is 2.83. The summed E-state index contributed by atoms with van der Waals surface area (Å²) in [5, 5.41) is 6.22. The Kier molecular flexibility index (Phi) is 4.83. The van der Waals surface area contributed by atoms with Gasteiger partial charge in [0.25, 0.3) is 0 Å². The minimum Gasteiger partial charge on any atom is -0.382 e. The van der Waals surface area contributed by atoms with E-state index in [-0.39, 0.29) is 5.91 Å². The SMILES string of the molecule is CNC(=O)Cc1ccc(NC(C)C2CCCC2)cc1. The number of benzene rings is 1. The van der Waals surface area contributed by atoms with E-state index < -0.39 is 0 Å². The molecule has 19 heavy (non-hydrogen) atoms. The van der Waals surface area contributed by atoms with Crippen molar-refractivity contribution in [2.75, 3.05) is 12.4 Å². The lowest BCUT2D eigenvalue weighted by molar-refractivity contribution is -0.119. The van der Waals surface area contributed by atoms with E-state index in [1.165, 1.54) is 25.7 Å². The summed E-state index contributed by atoms with van der Waals surface area (Å²) in [5.41, 5.74) is 2.21. The Morgan fingerprint density at radius 2 is 1.89 bits per heavy atom. The lowest BCUT2D eigenvalue weighted by Crippen LogP contribution is -2.23. The van der Waals surface area contributed by atoms with Gasteiger partial charge in [0.1, 0.15) is 0 Å². The van der Waals surface area contributed by atoms with Crippen LogP contribution in [0.2, 0.25) is 0 Å². The topological polar surface area (TPSA) is 41.1 Å². The summed E-state index contributed by atoms with van der Waals surface area (Å²) in [4.78, 5) is 11.3. The highest BCUT2D eigenvalue weighted by Crippen LogP contribution is 2.29. The van der Waals surface area contributed by atoms with Gasteiger partial charge in [0.15, 0.2) is 0 Å². The summed E-state index contributed by atoms with van der Waals surface area (Å²) >= 11 is 0. The van der Waals surface area contributed by atoms with Crippen molar-refractivity contribution >= 4 is 11.6 Å². The Bertz CT molecular complexity index is 407. The Morgan fingerprint density at radius 3 is 2.47 bits per heavy atom. The predicted octanol–water partition coefficient (Wildman–Crippen LogP) is 2.97. The van der Waals surface area contributed by atoms with Gasteiger partial charge < -0.3 is 10.6 Å². The molecule has 0 aliphatic heterocycles. The zero-order valence-corrected chi connectivity index (χ0v) is 11.9. The molecule has 1 aliphatic carbocycles. The van der Waals surface area contributed by atoms with Crippen molar-refractivity contribution in [3.05, 3.63) is 29.8 Å². The van der Waals surface area contributed by atoms with Crippen LogP contribution in [0.3, 0.4) is 0 Å². The van der Waals surface area contributed by atoms with E-state index >= 15 is 0 Å². The van der Waals surface area contributed by atoms with Gasteiger partial charge in [-0.3, -0.25) is 4.79 Å². The standard InChI is InChI=1S/C16H24N2O/c1-12(14-5-3-4-6-14)18-15-9-7-13(8-10-15)11-16(19)17-2/h7-10,12,14,18H,3-6,11H2,1-2H3,(H,17,19). The van der Waals surface area contributed by atoms with Gasteiger partial charge in [-0.15, -0.1) is 0 Å². The molecule has 104 valence electrons. The number of hydrogen-bond acceptors (Lipinski definition) is 2. The lowest BCUT2D eigenvalue weighted by Gasteiger charge is -2.21. The quantitative estimate of drug-likeness (QED) is 0.854. The van der Waals surface area contributed by atoms with E-state index in [9.17, 15) is 4.79 Å². The molecule has 3 nitrogen and oxygen atoms in total. The van der Waals surface area contributed by atoms with Crippen LogP contribution in [0.25, 0.3) is 0 Å². The van der Waals surface area contributed by atoms with Gasteiger partial charge in [0.05, 0.1) is 6.42 Å². The molecule has 0 spiro atoms. The van der Waals surface area contributed by atoms with E-state index in [4.69, 9.17) is 0 Å². The third-order valence-corrected chi connectivity index (χ3v) is 4.10. The molecule has 3 heteroatoms. The van der Waals surface area contributed by atoms with Crippen LogP contribution in [0.4, 0.5) is 5.69 Å². The molecule has 1 atom stereocenters. The largest absolute Gasteiger partial charge is 0.382 e. The maximum absolute atomic E-state index is 11.3. The first-order chi connectivity index (χ1) is 9.19. The number of carbonyl (C=O) groups excluding carboxylic acids is 1. The maximum Gasteiger partial charge on any atom is 0.224 e. The first-order valence-electron chi connectivity index (χ1n) is 7.25. The van der Waals surface area contributed by atoms with Crippen LogP contribution in [0.1, 0.15) is 38.2 Å². The van der Waals surface area contributed by atoms with Crippen molar-refractivity contribution in [2.45, 2.75) is 45.1 Å². The fraction of sp³-hybridized carbons (Fsp3) is 0.562. The molecule has 0 radical (unpaired) electrons. The summed E-state index contributed by atoms with van der Waals surface area (Å²) in [7, 11) is 1.67. The second kappa shape index (κ2) is 6.60. The third-order valence-electron chi connectivity index (χ3n) is 4.10.